The van der Waals surface area contributed by atoms with Crippen LogP contribution in [0.2, 0.25) is 0 Å². The van der Waals surface area contributed by atoms with Crippen molar-refractivity contribution in [3.63, 3.8) is 0 Å². The van der Waals surface area contributed by atoms with Gasteiger partial charge in [-0.1, -0.05) is 103 Å². The first-order chi connectivity index (χ1) is 12.8. The fraction of sp³-hybridized carbons (Fsp3) is 0.0417. The van der Waals surface area contributed by atoms with Crippen LogP contribution >= 0.6 is 12.2 Å². The zero-order valence-corrected chi connectivity index (χ0v) is 15.0. The molecule has 0 bridgehead atoms. The van der Waals surface area contributed by atoms with Crippen LogP contribution in [0.3, 0.4) is 0 Å². The highest BCUT2D eigenvalue weighted by atomic mass is 32.1. The highest BCUT2D eigenvalue weighted by Gasteiger charge is 2.33. The molecule has 0 aliphatic carbocycles. The largest absolute Gasteiger partial charge is 0.320 e. The molecule has 1 aliphatic rings. The molecule has 2 heteroatoms. The number of rotatable bonds is 3. The summed E-state index contributed by atoms with van der Waals surface area (Å²) in [5.74, 6) is 0. The maximum absolute atomic E-state index is 5.96. The summed E-state index contributed by atoms with van der Waals surface area (Å²) in [6.45, 7) is 0. The van der Waals surface area contributed by atoms with Gasteiger partial charge in [-0.25, -0.2) is 0 Å². The predicted octanol–water partition coefficient (Wildman–Crippen LogP) is 6.12. The van der Waals surface area contributed by atoms with E-state index in [-0.39, 0.29) is 6.04 Å². The number of anilines is 1. The Kier molecular flexibility index (Phi) is 3.58. The molecule has 1 heterocycles. The first-order valence-corrected chi connectivity index (χ1v) is 9.20. The summed E-state index contributed by atoms with van der Waals surface area (Å²) in [6.07, 6.45) is 0. The second kappa shape index (κ2) is 6.08. The molecule has 1 aliphatic heterocycles. The molecule has 0 spiro atoms. The third-order valence-corrected chi connectivity index (χ3v) is 5.50. The van der Waals surface area contributed by atoms with Crippen molar-refractivity contribution in [1.29, 1.82) is 0 Å². The number of benzene rings is 4. The minimum absolute atomic E-state index is 0.0582. The zero-order chi connectivity index (χ0) is 17.5. The molecule has 4 aromatic rings. The maximum Gasteiger partial charge on any atom is 0.115 e. The van der Waals surface area contributed by atoms with E-state index in [2.05, 4.69) is 102 Å². The van der Waals surface area contributed by atoms with E-state index >= 15 is 0 Å². The lowest BCUT2D eigenvalue weighted by molar-refractivity contribution is 0.854. The van der Waals surface area contributed by atoms with Gasteiger partial charge in [0.2, 0.25) is 0 Å². The SMILES string of the molecule is S=C1c2cccc3cccc(c23)N1C(c1ccccc1)c1ccccc1. The Morgan fingerprint density at radius 2 is 1.19 bits per heavy atom. The number of hydrogen-bond acceptors (Lipinski definition) is 1. The van der Waals surface area contributed by atoms with E-state index in [4.69, 9.17) is 12.2 Å². The number of thiocarbonyl (C=S) groups is 1. The van der Waals surface area contributed by atoms with Crippen LogP contribution in [0.1, 0.15) is 22.7 Å². The van der Waals surface area contributed by atoms with Crippen LogP contribution in [0.15, 0.2) is 97.1 Å². The third kappa shape index (κ3) is 2.27. The smallest absolute Gasteiger partial charge is 0.115 e. The van der Waals surface area contributed by atoms with Crippen molar-refractivity contribution in [3.05, 3.63) is 114 Å². The van der Waals surface area contributed by atoms with Gasteiger partial charge in [-0.2, -0.15) is 0 Å². The van der Waals surface area contributed by atoms with Gasteiger partial charge in [0.05, 0.1) is 11.7 Å². The molecular formula is C24H17NS. The lowest BCUT2D eigenvalue weighted by Gasteiger charge is -2.31. The lowest BCUT2D eigenvalue weighted by Crippen LogP contribution is -2.31. The molecule has 0 atom stereocenters. The van der Waals surface area contributed by atoms with Crippen LogP contribution < -0.4 is 4.90 Å². The average molecular weight is 351 g/mol. The molecule has 0 unspecified atom stereocenters. The first-order valence-electron chi connectivity index (χ1n) is 8.80. The maximum atomic E-state index is 5.96. The van der Waals surface area contributed by atoms with Gasteiger partial charge in [0, 0.05) is 10.9 Å². The molecular weight excluding hydrogens is 334 g/mol. The minimum Gasteiger partial charge on any atom is -0.320 e. The second-order valence-electron chi connectivity index (χ2n) is 6.58. The van der Waals surface area contributed by atoms with Gasteiger partial charge in [-0.3, -0.25) is 0 Å². The summed E-state index contributed by atoms with van der Waals surface area (Å²) >= 11 is 5.96. The molecule has 0 saturated heterocycles. The van der Waals surface area contributed by atoms with Crippen LogP contribution in [-0.4, -0.2) is 4.99 Å². The van der Waals surface area contributed by atoms with Gasteiger partial charge in [0.25, 0.3) is 0 Å². The normalized spacial score (nSPS) is 13.0. The van der Waals surface area contributed by atoms with Crippen molar-refractivity contribution in [2.45, 2.75) is 6.04 Å². The minimum atomic E-state index is 0.0582. The molecule has 0 radical (unpaired) electrons. The Hall–Kier alpha value is -2.97. The van der Waals surface area contributed by atoms with E-state index < -0.39 is 0 Å². The van der Waals surface area contributed by atoms with Gasteiger partial charge in [0.1, 0.15) is 4.99 Å². The van der Waals surface area contributed by atoms with Crippen LogP contribution in [0, 0.1) is 0 Å². The average Bonchev–Trinajstić information content (AvgIpc) is 2.99. The van der Waals surface area contributed by atoms with Crippen molar-refractivity contribution in [2.24, 2.45) is 0 Å². The van der Waals surface area contributed by atoms with Gasteiger partial charge < -0.3 is 4.90 Å². The van der Waals surface area contributed by atoms with E-state index in [1.54, 1.807) is 0 Å². The van der Waals surface area contributed by atoms with E-state index in [1.807, 2.05) is 0 Å². The molecule has 0 N–H and O–H groups in total. The fourth-order valence-corrected chi connectivity index (χ4v) is 4.33. The molecule has 0 saturated carbocycles. The van der Waals surface area contributed by atoms with Crippen molar-refractivity contribution < 1.29 is 0 Å². The fourth-order valence-electron chi connectivity index (χ4n) is 3.96. The Labute approximate surface area is 158 Å². The molecule has 0 fully saturated rings. The summed E-state index contributed by atoms with van der Waals surface area (Å²) in [5.41, 5.74) is 4.84. The molecule has 0 amide bonds. The quantitative estimate of drug-likeness (QED) is 0.409. The molecule has 26 heavy (non-hydrogen) atoms. The van der Waals surface area contributed by atoms with Gasteiger partial charge in [-0.15, -0.1) is 0 Å². The zero-order valence-electron chi connectivity index (χ0n) is 14.2. The van der Waals surface area contributed by atoms with Crippen molar-refractivity contribution in [2.75, 3.05) is 4.90 Å². The van der Waals surface area contributed by atoms with E-state index in [1.165, 1.54) is 27.6 Å². The summed E-state index contributed by atoms with van der Waals surface area (Å²) in [5, 5.41) is 2.50. The van der Waals surface area contributed by atoms with E-state index in [0.717, 1.165) is 10.6 Å². The lowest BCUT2D eigenvalue weighted by atomic mass is 9.97. The summed E-state index contributed by atoms with van der Waals surface area (Å²) in [7, 11) is 0. The second-order valence-corrected chi connectivity index (χ2v) is 6.97. The van der Waals surface area contributed by atoms with Crippen molar-refractivity contribution in [3.8, 4) is 0 Å². The van der Waals surface area contributed by atoms with E-state index in [0.29, 0.717) is 0 Å². The monoisotopic (exact) mass is 351 g/mol. The predicted molar refractivity (Wildman–Crippen MR) is 113 cm³/mol. The Morgan fingerprint density at radius 1 is 0.615 bits per heavy atom. The summed E-state index contributed by atoms with van der Waals surface area (Å²) in [4.78, 5) is 3.21. The molecule has 124 valence electrons. The molecule has 5 rings (SSSR count). The molecule has 4 aromatic carbocycles. The van der Waals surface area contributed by atoms with Crippen LogP contribution in [0.4, 0.5) is 5.69 Å². The van der Waals surface area contributed by atoms with Gasteiger partial charge in [0.15, 0.2) is 0 Å². The van der Waals surface area contributed by atoms with Crippen molar-refractivity contribution >= 4 is 33.7 Å². The van der Waals surface area contributed by atoms with Gasteiger partial charge >= 0.3 is 0 Å². The third-order valence-electron chi connectivity index (χ3n) is 5.08. The Bertz CT molecular complexity index is 1060. The topological polar surface area (TPSA) is 3.24 Å². The summed E-state index contributed by atoms with van der Waals surface area (Å²) < 4.78 is 0. The first kappa shape index (κ1) is 15.3. The molecule has 0 aromatic heterocycles. The van der Waals surface area contributed by atoms with E-state index in [9.17, 15) is 0 Å². The van der Waals surface area contributed by atoms with Crippen molar-refractivity contribution in [1.82, 2.24) is 0 Å². The van der Waals surface area contributed by atoms with Crippen LogP contribution in [0.25, 0.3) is 10.8 Å². The number of hydrogen-bond donors (Lipinski definition) is 0. The standard InChI is InChI=1S/C24H17NS/c26-24-20-15-7-13-17-14-8-16-21(22(17)20)25(24)23(18-9-3-1-4-10-18)19-11-5-2-6-12-19/h1-16,23H. The summed E-state index contributed by atoms with van der Waals surface area (Å²) in [6, 6.07) is 34.2. The molecule has 1 nitrogen and oxygen atoms in total. The van der Waals surface area contributed by atoms with Crippen LogP contribution in [0.5, 0.6) is 0 Å². The van der Waals surface area contributed by atoms with Crippen LogP contribution in [-0.2, 0) is 0 Å². The highest BCUT2D eigenvalue weighted by molar-refractivity contribution is 7.81. The Balaban J connectivity index is 1.76. The Morgan fingerprint density at radius 3 is 1.81 bits per heavy atom. The highest BCUT2D eigenvalue weighted by Crippen LogP contribution is 2.44. The van der Waals surface area contributed by atoms with Gasteiger partial charge in [-0.05, 0) is 22.6 Å². The number of nitrogens with zero attached hydrogens (tertiary/aromatic N) is 1.